The molecule has 0 saturated carbocycles. The molecule has 0 atom stereocenters. The van der Waals surface area contributed by atoms with E-state index in [-0.39, 0.29) is 6.61 Å². The van der Waals surface area contributed by atoms with E-state index in [1.165, 1.54) is 5.56 Å². The molecule has 2 aromatic heterocycles. The molecule has 0 radical (unpaired) electrons. The normalized spacial score (nSPS) is 11.0. The van der Waals surface area contributed by atoms with Gasteiger partial charge in [-0.3, -0.25) is 0 Å². The first-order chi connectivity index (χ1) is 9.10. The molecule has 0 aromatic carbocycles. The number of aliphatic hydroxyl groups is 1. The van der Waals surface area contributed by atoms with Gasteiger partial charge in [0.1, 0.15) is 0 Å². The van der Waals surface area contributed by atoms with Crippen LogP contribution < -0.4 is 0 Å². The predicted molar refractivity (Wildman–Crippen MR) is 75.5 cm³/mol. The van der Waals surface area contributed by atoms with E-state index in [1.54, 1.807) is 0 Å². The average molecular weight is 259 g/mol. The molecule has 0 spiro atoms. The lowest BCUT2D eigenvalue weighted by atomic mass is 10.1. The van der Waals surface area contributed by atoms with Crippen molar-refractivity contribution in [1.29, 1.82) is 0 Å². The first kappa shape index (κ1) is 13.7. The van der Waals surface area contributed by atoms with Gasteiger partial charge in [-0.2, -0.15) is 5.10 Å². The minimum atomic E-state index is 0.0302. The van der Waals surface area contributed by atoms with Gasteiger partial charge in [-0.05, 0) is 49.9 Å². The molecule has 0 aliphatic heterocycles. The van der Waals surface area contributed by atoms with Crippen LogP contribution in [0.1, 0.15) is 42.1 Å². The van der Waals surface area contributed by atoms with E-state index in [1.807, 2.05) is 23.7 Å². The van der Waals surface area contributed by atoms with E-state index < -0.39 is 0 Å². The van der Waals surface area contributed by atoms with Gasteiger partial charge >= 0.3 is 0 Å². The highest BCUT2D eigenvalue weighted by Gasteiger charge is 2.13. The number of hydrogen-bond acceptors (Lipinski definition) is 3. The first-order valence-corrected chi connectivity index (χ1v) is 6.76. The summed E-state index contributed by atoms with van der Waals surface area (Å²) in [5.41, 5.74) is 5.31. The van der Waals surface area contributed by atoms with Gasteiger partial charge in [0.05, 0.1) is 12.3 Å². The van der Waals surface area contributed by atoms with Crippen molar-refractivity contribution < 1.29 is 5.11 Å². The molecule has 2 aromatic rings. The second-order valence-corrected chi connectivity index (χ2v) is 4.75. The van der Waals surface area contributed by atoms with Crippen LogP contribution in [-0.2, 0) is 19.4 Å². The van der Waals surface area contributed by atoms with Crippen molar-refractivity contribution in [2.45, 2.75) is 47.1 Å². The van der Waals surface area contributed by atoms with E-state index in [9.17, 15) is 5.11 Å². The van der Waals surface area contributed by atoms with Crippen LogP contribution in [-0.4, -0.2) is 19.9 Å². The highest BCUT2D eigenvalue weighted by molar-refractivity contribution is 5.35. The Kier molecular flexibility index (Phi) is 4.00. The fourth-order valence-electron chi connectivity index (χ4n) is 2.42. The molecule has 2 rings (SSSR count). The number of nitrogens with zero attached hydrogens (tertiary/aromatic N) is 3. The molecule has 0 aliphatic carbocycles. The van der Waals surface area contributed by atoms with Crippen molar-refractivity contribution in [3.05, 3.63) is 40.3 Å². The van der Waals surface area contributed by atoms with Gasteiger partial charge in [0, 0.05) is 11.4 Å². The minimum Gasteiger partial charge on any atom is -0.392 e. The van der Waals surface area contributed by atoms with E-state index in [2.05, 4.69) is 30.9 Å². The zero-order valence-electron chi connectivity index (χ0n) is 12.1. The van der Waals surface area contributed by atoms with Crippen molar-refractivity contribution >= 4 is 0 Å². The third kappa shape index (κ3) is 2.54. The maximum atomic E-state index is 9.35. The molecule has 2 heterocycles. The highest BCUT2D eigenvalue weighted by atomic mass is 16.3. The molecular weight excluding hydrogens is 238 g/mol. The summed E-state index contributed by atoms with van der Waals surface area (Å²) in [5.74, 6) is 0.795. The van der Waals surface area contributed by atoms with Gasteiger partial charge in [-0.25, -0.2) is 9.67 Å². The lowest BCUT2D eigenvalue weighted by Crippen LogP contribution is -2.05. The summed E-state index contributed by atoms with van der Waals surface area (Å²) >= 11 is 0. The SMILES string of the molecule is CCc1cc(CO)cc(-n2nc(C)c(CC)c2C)n1. The van der Waals surface area contributed by atoms with Crippen LogP contribution >= 0.6 is 0 Å². The van der Waals surface area contributed by atoms with Crippen molar-refractivity contribution in [2.75, 3.05) is 0 Å². The van der Waals surface area contributed by atoms with Crippen LogP contribution in [0.4, 0.5) is 0 Å². The summed E-state index contributed by atoms with van der Waals surface area (Å²) in [5, 5.41) is 13.9. The number of aromatic nitrogens is 3. The average Bonchev–Trinajstić information content (AvgIpc) is 2.72. The lowest BCUT2D eigenvalue weighted by molar-refractivity contribution is 0.281. The Bertz CT molecular complexity index is 565. The smallest absolute Gasteiger partial charge is 0.154 e. The molecule has 0 amide bonds. The Morgan fingerprint density at radius 3 is 2.42 bits per heavy atom. The second-order valence-electron chi connectivity index (χ2n) is 4.75. The Hall–Kier alpha value is -1.68. The molecule has 1 N–H and O–H groups in total. The van der Waals surface area contributed by atoms with E-state index >= 15 is 0 Å². The number of rotatable bonds is 4. The topological polar surface area (TPSA) is 50.9 Å². The standard InChI is InChI=1S/C15H21N3O/c1-5-13-7-12(9-19)8-15(16-13)18-11(4)14(6-2)10(3)17-18/h7-8,19H,5-6,9H2,1-4H3. The zero-order chi connectivity index (χ0) is 14.0. The maximum Gasteiger partial charge on any atom is 0.154 e. The summed E-state index contributed by atoms with van der Waals surface area (Å²) in [7, 11) is 0. The third-order valence-corrected chi connectivity index (χ3v) is 3.48. The van der Waals surface area contributed by atoms with Crippen molar-refractivity contribution in [2.24, 2.45) is 0 Å². The Labute approximate surface area is 114 Å². The molecule has 102 valence electrons. The van der Waals surface area contributed by atoms with Gasteiger partial charge in [-0.1, -0.05) is 13.8 Å². The van der Waals surface area contributed by atoms with Gasteiger partial charge in [0.25, 0.3) is 0 Å². The van der Waals surface area contributed by atoms with Gasteiger partial charge in [0.2, 0.25) is 0 Å². The summed E-state index contributed by atoms with van der Waals surface area (Å²) in [6, 6.07) is 3.84. The van der Waals surface area contributed by atoms with E-state index in [0.29, 0.717) is 0 Å². The van der Waals surface area contributed by atoms with E-state index in [4.69, 9.17) is 0 Å². The number of aliphatic hydroxyl groups excluding tert-OH is 1. The fourth-order valence-corrected chi connectivity index (χ4v) is 2.42. The van der Waals surface area contributed by atoms with Crippen LogP contribution in [0.2, 0.25) is 0 Å². The molecule has 0 bridgehead atoms. The summed E-state index contributed by atoms with van der Waals surface area (Å²) < 4.78 is 1.88. The molecule has 0 fully saturated rings. The van der Waals surface area contributed by atoms with Crippen molar-refractivity contribution in [3.8, 4) is 5.82 Å². The monoisotopic (exact) mass is 259 g/mol. The van der Waals surface area contributed by atoms with Gasteiger partial charge in [-0.15, -0.1) is 0 Å². The Balaban J connectivity index is 2.58. The van der Waals surface area contributed by atoms with Gasteiger partial charge in [0.15, 0.2) is 5.82 Å². The lowest BCUT2D eigenvalue weighted by Gasteiger charge is -2.08. The van der Waals surface area contributed by atoms with Crippen molar-refractivity contribution in [1.82, 2.24) is 14.8 Å². The zero-order valence-corrected chi connectivity index (χ0v) is 12.1. The largest absolute Gasteiger partial charge is 0.392 e. The molecule has 4 nitrogen and oxygen atoms in total. The molecule has 4 heteroatoms. The summed E-state index contributed by atoms with van der Waals surface area (Å²) in [6.45, 7) is 8.32. The molecule has 0 aliphatic rings. The Morgan fingerprint density at radius 1 is 1.16 bits per heavy atom. The molecular formula is C15H21N3O. The quantitative estimate of drug-likeness (QED) is 0.917. The molecule has 0 saturated heterocycles. The summed E-state index contributed by atoms with van der Waals surface area (Å²) in [6.07, 6.45) is 1.82. The maximum absolute atomic E-state index is 9.35. The van der Waals surface area contributed by atoms with Crippen LogP contribution in [0, 0.1) is 13.8 Å². The van der Waals surface area contributed by atoms with Gasteiger partial charge < -0.3 is 5.11 Å². The molecule has 19 heavy (non-hydrogen) atoms. The van der Waals surface area contributed by atoms with Crippen LogP contribution in [0.3, 0.4) is 0 Å². The number of pyridine rings is 1. The van der Waals surface area contributed by atoms with Crippen molar-refractivity contribution in [3.63, 3.8) is 0 Å². The van der Waals surface area contributed by atoms with Crippen LogP contribution in [0.15, 0.2) is 12.1 Å². The number of hydrogen-bond donors (Lipinski definition) is 1. The first-order valence-electron chi connectivity index (χ1n) is 6.76. The minimum absolute atomic E-state index is 0.0302. The number of aryl methyl sites for hydroxylation is 2. The van der Waals surface area contributed by atoms with Crippen LogP contribution in [0.25, 0.3) is 5.82 Å². The Morgan fingerprint density at radius 2 is 1.89 bits per heavy atom. The predicted octanol–water partition coefficient (Wildman–Crippen LogP) is 2.50. The fraction of sp³-hybridized carbons (Fsp3) is 0.467. The third-order valence-electron chi connectivity index (χ3n) is 3.48. The van der Waals surface area contributed by atoms with E-state index in [0.717, 1.165) is 41.3 Å². The summed E-state index contributed by atoms with van der Waals surface area (Å²) in [4.78, 5) is 4.61. The van der Waals surface area contributed by atoms with Crippen LogP contribution in [0.5, 0.6) is 0 Å². The highest BCUT2D eigenvalue weighted by Crippen LogP contribution is 2.18. The second kappa shape index (κ2) is 5.53. The molecule has 0 unspecified atom stereocenters.